The van der Waals surface area contributed by atoms with Gasteiger partial charge in [0.25, 0.3) is 0 Å². The van der Waals surface area contributed by atoms with Crippen LogP contribution in [0.5, 0.6) is 0 Å². The van der Waals surface area contributed by atoms with E-state index in [9.17, 15) is 9.13 Å². The average Bonchev–Trinajstić information content (AvgIpc) is 3.31. The predicted octanol–water partition coefficient (Wildman–Crippen LogP) is 6.06. The van der Waals surface area contributed by atoms with Crippen molar-refractivity contribution in [2.24, 2.45) is 0 Å². The molecule has 2 saturated heterocycles. The highest BCUT2D eigenvalue weighted by Crippen LogP contribution is 2.58. The zero-order valence-electron chi connectivity index (χ0n) is 22.3. The van der Waals surface area contributed by atoms with Gasteiger partial charge >= 0.3 is 16.4 Å². The molecule has 35 heavy (non-hydrogen) atoms. The van der Waals surface area contributed by atoms with Crippen LogP contribution < -0.4 is 5.48 Å². The van der Waals surface area contributed by atoms with Crippen molar-refractivity contribution < 1.29 is 32.3 Å². The number of hydroxylamine groups is 1. The standard InChI is InChI=1S/C9H12NO2P.C7H16NO3P.C4H8O.C4H10O/c1-8(10-12-13-11)7-9-5-3-2-4-6-9;1-4-10-12(9,11-5-2)8-6-7(8)3;1-2-4-5-3-1;1-3-5-4-2/h2-6,8,10H,7H2,1H3;7H,4-6H2,1-3H3;1-4H2;3-4H2,1-2H3/t8-;7-,8?;;/m00../s1. The Labute approximate surface area is 214 Å². The lowest BCUT2D eigenvalue weighted by Gasteiger charge is -2.17. The Morgan fingerprint density at radius 3 is 1.94 bits per heavy atom. The van der Waals surface area contributed by atoms with Gasteiger partial charge < -0.3 is 9.47 Å². The van der Waals surface area contributed by atoms with E-state index < -0.39 is 7.75 Å². The molecule has 3 atom stereocenters. The van der Waals surface area contributed by atoms with E-state index in [-0.39, 0.29) is 14.7 Å². The molecule has 3 rings (SSSR count). The molecule has 1 aromatic rings. The number of hydrogen-bond acceptors (Lipinski definition) is 8. The van der Waals surface area contributed by atoms with Gasteiger partial charge in [-0.1, -0.05) is 30.3 Å². The second-order valence-electron chi connectivity index (χ2n) is 7.75. The summed E-state index contributed by atoms with van der Waals surface area (Å²) in [5.74, 6) is 0. The SMILES string of the molecule is C1CCOC1.CCOCC.CCOP(=O)(OCC)N1C[C@@H]1C.C[C@@H](Cc1ccccc1)NOP=O. The van der Waals surface area contributed by atoms with Crippen molar-refractivity contribution in [1.82, 2.24) is 10.2 Å². The highest BCUT2D eigenvalue weighted by atomic mass is 31.2. The van der Waals surface area contributed by atoms with Crippen LogP contribution >= 0.6 is 16.4 Å². The molecule has 0 saturated carbocycles. The van der Waals surface area contributed by atoms with Gasteiger partial charge in [-0.05, 0) is 66.4 Å². The van der Waals surface area contributed by atoms with Crippen LogP contribution in [0.3, 0.4) is 0 Å². The number of hydrogen-bond donors (Lipinski definition) is 1. The second-order valence-corrected chi connectivity index (χ2v) is 10.0. The first-order valence-corrected chi connectivity index (χ1v) is 14.7. The van der Waals surface area contributed by atoms with Crippen molar-refractivity contribution in [3.63, 3.8) is 0 Å². The molecular weight excluding hydrogens is 490 g/mol. The summed E-state index contributed by atoms with van der Waals surface area (Å²) in [5, 5.41) is 0. The van der Waals surface area contributed by atoms with Crippen molar-refractivity contribution in [2.75, 3.05) is 46.2 Å². The summed E-state index contributed by atoms with van der Waals surface area (Å²) in [6.07, 6.45) is 3.41. The molecule has 1 unspecified atom stereocenters. The molecule has 0 radical (unpaired) electrons. The third kappa shape index (κ3) is 18.2. The van der Waals surface area contributed by atoms with E-state index in [0.29, 0.717) is 19.3 Å². The molecule has 11 heteroatoms. The summed E-state index contributed by atoms with van der Waals surface area (Å²) in [6.45, 7) is 17.0. The topological polar surface area (TPSA) is 95.3 Å². The minimum Gasteiger partial charge on any atom is -0.382 e. The van der Waals surface area contributed by atoms with E-state index in [4.69, 9.17) is 18.5 Å². The zero-order chi connectivity index (χ0) is 26.4. The van der Waals surface area contributed by atoms with Crippen molar-refractivity contribution >= 4 is 16.4 Å². The summed E-state index contributed by atoms with van der Waals surface area (Å²) < 4.78 is 48.2. The van der Waals surface area contributed by atoms with Crippen LogP contribution in [0, 0.1) is 0 Å². The Morgan fingerprint density at radius 2 is 1.60 bits per heavy atom. The smallest absolute Gasteiger partial charge is 0.382 e. The summed E-state index contributed by atoms with van der Waals surface area (Å²) in [6, 6.07) is 10.6. The maximum atomic E-state index is 11.9. The molecule has 1 N–H and O–H groups in total. The molecule has 2 heterocycles. The first kappa shape index (κ1) is 34.3. The fraction of sp³-hybridized carbons (Fsp3) is 0.750. The summed E-state index contributed by atoms with van der Waals surface area (Å²) in [7, 11) is -3.24. The van der Waals surface area contributed by atoms with E-state index in [1.54, 1.807) is 4.67 Å². The average molecular weight is 537 g/mol. The van der Waals surface area contributed by atoms with E-state index in [0.717, 1.165) is 39.4 Å². The molecule has 0 bridgehead atoms. The molecule has 2 aliphatic rings. The van der Waals surface area contributed by atoms with Crippen LogP contribution in [0.4, 0.5) is 0 Å². The van der Waals surface area contributed by atoms with Crippen LogP contribution in [0.1, 0.15) is 59.9 Å². The maximum absolute atomic E-state index is 11.9. The molecule has 0 aliphatic carbocycles. The summed E-state index contributed by atoms with van der Waals surface area (Å²) >= 11 is 0. The number of nitrogens with zero attached hydrogens (tertiary/aromatic N) is 1. The van der Waals surface area contributed by atoms with Crippen molar-refractivity contribution in [3.05, 3.63) is 35.9 Å². The lowest BCUT2D eigenvalue weighted by Crippen LogP contribution is -2.25. The van der Waals surface area contributed by atoms with Gasteiger partial charge in [0, 0.05) is 45.1 Å². The largest absolute Gasteiger partial charge is 0.408 e. The lowest BCUT2D eigenvalue weighted by atomic mass is 10.1. The molecule has 2 fully saturated rings. The maximum Gasteiger partial charge on any atom is 0.408 e. The summed E-state index contributed by atoms with van der Waals surface area (Å²) in [5.41, 5.74) is 3.89. The fourth-order valence-corrected chi connectivity index (χ4v) is 5.08. The van der Waals surface area contributed by atoms with Gasteiger partial charge in [0.05, 0.1) is 13.2 Å². The first-order valence-electron chi connectivity index (χ1n) is 12.5. The van der Waals surface area contributed by atoms with Gasteiger partial charge in [-0.15, -0.1) is 0 Å². The van der Waals surface area contributed by atoms with Crippen LogP contribution in [0.15, 0.2) is 30.3 Å². The quantitative estimate of drug-likeness (QED) is 0.194. The van der Waals surface area contributed by atoms with Crippen molar-refractivity contribution in [2.45, 2.75) is 72.9 Å². The van der Waals surface area contributed by atoms with E-state index in [2.05, 4.69) is 10.1 Å². The Bertz CT molecular complexity index is 647. The van der Waals surface area contributed by atoms with E-state index in [1.165, 1.54) is 18.4 Å². The Kier molecular flexibility index (Phi) is 22.0. The molecule has 204 valence electrons. The van der Waals surface area contributed by atoms with Gasteiger partial charge in [-0.2, -0.15) is 5.48 Å². The summed E-state index contributed by atoms with van der Waals surface area (Å²) in [4.78, 5) is 0. The van der Waals surface area contributed by atoms with Gasteiger partial charge in [0.1, 0.15) is 0 Å². The van der Waals surface area contributed by atoms with Crippen molar-refractivity contribution in [3.8, 4) is 0 Å². The Balaban J connectivity index is 0.000000480. The van der Waals surface area contributed by atoms with Gasteiger partial charge in [0.2, 0.25) is 0 Å². The zero-order valence-corrected chi connectivity index (χ0v) is 24.1. The first-order chi connectivity index (χ1) is 16.9. The normalized spacial score (nSPS) is 19.4. The van der Waals surface area contributed by atoms with Crippen LogP contribution in [-0.4, -0.2) is 62.9 Å². The number of ether oxygens (including phenoxy) is 2. The Morgan fingerprint density at radius 1 is 1.06 bits per heavy atom. The highest BCUT2D eigenvalue weighted by Gasteiger charge is 2.46. The third-order valence-electron chi connectivity index (χ3n) is 4.64. The van der Waals surface area contributed by atoms with Crippen LogP contribution in [0.25, 0.3) is 0 Å². The highest BCUT2D eigenvalue weighted by molar-refractivity contribution is 7.51. The molecule has 9 nitrogen and oxygen atoms in total. The molecule has 0 aromatic heterocycles. The van der Waals surface area contributed by atoms with Crippen LogP contribution in [0.2, 0.25) is 0 Å². The van der Waals surface area contributed by atoms with Gasteiger partial charge in [-0.3, -0.25) is 9.05 Å². The molecule has 2 aliphatic heterocycles. The number of benzene rings is 1. The second kappa shape index (κ2) is 22.5. The fourth-order valence-electron chi connectivity index (χ4n) is 2.91. The van der Waals surface area contributed by atoms with Gasteiger partial charge in [0.15, 0.2) is 0 Å². The van der Waals surface area contributed by atoms with Gasteiger partial charge in [-0.25, -0.2) is 18.4 Å². The van der Waals surface area contributed by atoms with Crippen LogP contribution in [-0.2, 0) is 38.7 Å². The monoisotopic (exact) mass is 536 g/mol. The molecular formula is C24H46N2O7P2. The molecule has 1 aromatic carbocycles. The van der Waals surface area contributed by atoms with E-state index >= 15 is 0 Å². The minimum absolute atomic E-state index is 0.156. The number of nitrogens with one attached hydrogen (secondary N) is 1. The Hall–Kier alpha value is -0.730. The predicted molar refractivity (Wildman–Crippen MR) is 141 cm³/mol. The number of rotatable bonds is 12. The lowest BCUT2D eigenvalue weighted by molar-refractivity contribution is 0.162. The van der Waals surface area contributed by atoms with E-state index in [1.807, 2.05) is 71.9 Å². The minimum atomic E-state index is -2.90. The third-order valence-corrected chi connectivity index (χ3v) is 7.17. The molecule has 0 spiro atoms. The van der Waals surface area contributed by atoms with Crippen molar-refractivity contribution in [1.29, 1.82) is 0 Å². The molecule has 0 amide bonds.